The van der Waals surface area contributed by atoms with Crippen molar-refractivity contribution in [2.24, 2.45) is 14.1 Å². The van der Waals surface area contributed by atoms with E-state index < -0.39 is 12.1 Å². The second-order valence-electron chi connectivity index (χ2n) is 13.8. The molecule has 0 spiro atoms. The third-order valence-electron chi connectivity index (χ3n) is 10.0. The number of ether oxygens (including phenoxy) is 2. The van der Waals surface area contributed by atoms with E-state index in [1.165, 1.54) is 0 Å². The second-order valence-corrected chi connectivity index (χ2v) is 13.8. The number of anilines is 2. The molecule has 0 aliphatic rings. The first-order valence-corrected chi connectivity index (χ1v) is 18.9. The van der Waals surface area contributed by atoms with E-state index in [0.29, 0.717) is 34.0 Å². The lowest BCUT2D eigenvalue weighted by molar-refractivity contribution is 0.0957. The van der Waals surface area contributed by atoms with Crippen molar-refractivity contribution < 1.29 is 19.1 Å². The van der Waals surface area contributed by atoms with Crippen LogP contribution in [0.25, 0.3) is 21.8 Å². The second kappa shape index (κ2) is 17.9. The van der Waals surface area contributed by atoms with Gasteiger partial charge in [-0.2, -0.15) is 20.7 Å². The number of methoxy groups -OCH3 is 2. The summed E-state index contributed by atoms with van der Waals surface area (Å²) < 4.78 is 14.0. The lowest BCUT2D eigenvalue weighted by Gasteiger charge is -2.19. The monoisotopic (exact) mass is 792 g/mol. The molecule has 0 saturated heterocycles. The Morgan fingerprint density at radius 2 is 0.933 bits per heavy atom. The van der Waals surface area contributed by atoms with Crippen molar-refractivity contribution in [3.8, 4) is 23.6 Å². The molecular weight excluding hydrogens is 753 g/mol. The summed E-state index contributed by atoms with van der Waals surface area (Å²) in [5.41, 5.74) is 6.64. The van der Waals surface area contributed by atoms with Gasteiger partial charge in [-0.25, -0.2) is 0 Å². The standard InChI is InChI=1S/2C24H20N4O2/c2*1-28-21-9-4-3-8-20(21)23(27-28)24(29)22(17-12-10-16(15-25)11-13-17)26-18-6-5-7-19(14-18)30-2/h2*3-14,22,26H,1-2H3. The van der Waals surface area contributed by atoms with E-state index in [4.69, 9.17) is 20.0 Å². The molecule has 0 radical (unpaired) electrons. The van der Waals surface area contributed by atoms with E-state index in [9.17, 15) is 9.59 Å². The van der Waals surface area contributed by atoms with Crippen molar-refractivity contribution in [3.05, 3.63) is 179 Å². The van der Waals surface area contributed by atoms with Crippen LogP contribution in [-0.2, 0) is 14.1 Å². The van der Waals surface area contributed by atoms with Gasteiger partial charge >= 0.3 is 0 Å². The molecule has 2 unspecified atom stereocenters. The highest BCUT2D eigenvalue weighted by Crippen LogP contribution is 2.31. The highest BCUT2D eigenvalue weighted by atomic mass is 16.5. The Morgan fingerprint density at radius 1 is 0.550 bits per heavy atom. The average Bonchev–Trinajstić information content (AvgIpc) is 3.83. The zero-order chi connectivity index (χ0) is 42.2. The van der Waals surface area contributed by atoms with Gasteiger partial charge in [0.15, 0.2) is 0 Å². The van der Waals surface area contributed by atoms with Gasteiger partial charge in [-0.05, 0) is 71.8 Å². The summed E-state index contributed by atoms with van der Waals surface area (Å²) in [6.07, 6.45) is 0. The molecule has 0 saturated carbocycles. The number of aromatic nitrogens is 4. The van der Waals surface area contributed by atoms with E-state index in [-0.39, 0.29) is 11.6 Å². The highest BCUT2D eigenvalue weighted by molar-refractivity contribution is 6.10. The van der Waals surface area contributed by atoms with Gasteiger partial charge in [0.25, 0.3) is 0 Å². The molecule has 0 aliphatic carbocycles. The van der Waals surface area contributed by atoms with Crippen molar-refractivity contribution >= 4 is 44.7 Å². The molecular formula is C48H40N8O4. The van der Waals surface area contributed by atoms with Gasteiger partial charge in [-0.3, -0.25) is 19.0 Å². The van der Waals surface area contributed by atoms with Crippen LogP contribution in [0, 0.1) is 22.7 Å². The van der Waals surface area contributed by atoms with Crippen molar-refractivity contribution in [2.45, 2.75) is 12.1 Å². The number of Topliss-reactive ketones (excluding diaryl/α,β-unsaturated/α-hetero) is 2. The minimum absolute atomic E-state index is 0.153. The Labute approximate surface area is 346 Å². The molecule has 0 aliphatic heterocycles. The Morgan fingerprint density at radius 3 is 1.30 bits per heavy atom. The number of carbonyl (C=O) groups excluding carboxylic acids is 2. The molecule has 0 fully saturated rings. The zero-order valence-electron chi connectivity index (χ0n) is 33.3. The summed E-state index contributed by atoms with van der Waals surface area (Å²) in [5, 5.41) is 35.4. The van der Waals surface area contributed by atoms with E-state index in [0.717, 1.165) is 44.3 Å². The summed E-state index contributed by atoms with van der Waals surface area (Å²) in [6, 6.07) is 47.0. The van der Waals surface area contributed by atoms with Crippen molar-refractivity contribution in [1.82, 2.24) is 19.6 Å². The van der Waals surface area contributed by atoms with Gasteiger partial charge in [0.2, 0.25) is 11.6 Å². The van der Waals surface area contributed by atoms with Crippen LogP contribution in [-0.4, -0.2) is 45.3 Å². The maximum absolute atomic E-state index is 13.7. The smallest absolute Gasteiger partial charge is 0.210 e. The Bertz CT molecular complexity index is 2700. The normalized spacial score (nSPS) is 11.6. The topological polar surface area (TPSA) is 160 Å². The maximum atomic E-state index is 13.7. The summed E-state index contributed by atoms with van der Waals surface area (Å²) >= 11 is 0. The number of hydrogen-bond acceptors (Lipinski definition) is 10. The molecule has 2 aromatic heterocycles. The SMILES string of the molecule is COc1cccc(NC(C(=O)c2nn(C)c3ccccc23)c2ccc(C#N)cc2)c1.COc1cccc(NC(C(=O)c2nn(C)c3ccccc23)c2ccc(C#N)cc2)c1. The molecule has 12 heteroatoms. The third-order valence-corrected chi connectivity index (χ3v) is 10.0. The van der Waals surface area contributed by atoms with Gasteiger partial charge in [-0.1, -0.05) is 72.8 Å². The van der Waals surface area contributed by atoms with Gasteiger partial charge in [-0.15, -0.1) is 0 Å². The van der Waals surface area contributed by atoms with E-state index in [1.807, 2.05) is 111 Å². The van der Waals surface area contributed by atoms with Gasteiger partial charge < -0.3 is 20.1 Å². The number of hydrogen-bond donors (Lipinski definition) is 2. The van der Waals surface area contributed by atoms with Crippen molar-refractivity contribution in [2.75, 3.05) is 24.9 Å². The number of benzene rings is 6. The van der Waals surface area contributed by atoms with Crippen LogP contribution in [0.2, 0.25) is 0 Å². The Kier molecular flexibility index (Phi) is 11.9. The zero-order valence-corrected chi connectivity index (χ0v) is 33.3. The molecule has 6 aromatic carbocycles. The first-order chi connectivity index (χ1) is 29.2. The molecule has 8 aromatic rings. The van der Waals surface area contributed by atoms with Crippen molar-refractivity contribution in [3.63, 3.8) is 0 Å². The number of aryl methyl sites for hydroxylation is 2. The summed E-state index contributed by atoms with van der Waals surface area (Å²) in [4.78, 5) is 27.3. The van der Waals surface area contributed by atoms with Crippen LogP contribution in [0.15, 0.2) is 146 Å². The number of nitriles is 2. The predicted octanol–water partition coefficient (Wildman–Crippen LogP) is 8.98. The fourth-order valence-corrected chi connectivity index (χ4v) is 6.92. The van der Waals surface area contributed by atoms with Gasteiger partial charge in [0.05, 0.1) is 48.5 Å². The molecule has 0 amide bonds. The number of fused-ring (bicyclic) bond motifs is 2. The minimum Gasteiger partial charge on any atom is -0.497 e. The van der Waals surface area contributed by atoms with Crippen LogP contribution < -0.4 is 20.1 Å². The average molecular weight is 793 g/mol. The molecule has 2 N–H and O–H groups in total. The van der Waals surface area contributed by atoms with Crippen LogP contribution in [0.1, 0.15) is 55.3 Å². The quantitative estimate of drug-likeness (QED) is 0.114. The fraction of sp³-hybridized carbons (Fsp3) is 0.125. The number of carbonyl (C=O) groups is 2. The lowest BCUT2D eigenvalue weighted by Crippen LogP contribution is -2.22. The molecule has 8 rings (SSSR count). The summed E-state index contributed by atoms with van der Waals surface area (Å²) in [6.45, 7) is 0. The Hall–Kier alpha value is -8.22. The van der Waals surface area contributed by atoms with E-state index >= 15 is 0 Å². The maximum Gasteiger partial charge on any atom is 0.210 e. The lowest BCUT2D eigenvalue weighted by atomic mass is 9.97. The number of rotatable bonds is 12. The number of nitrogens with zero attached hydrogens (tertiary/aromatic N) is 6. The number of nitrogens with one attached hydrogen (secondary N) is 2. The predicted molar refractivity (Wildman–Crippen MR) is 231 cm³/mol. The molecule has 2 heterocycles. The third kappa shape index (κ3) is 8.54. The minimum atomic E-state index is -0.678. The van der Waals surface area contributed by atoms with E-state index in [2.05, 4.69) is 33.0 Å². The number of ketones is 2. The Balaban J connectivity index is 0.000000181. The van der Waals surface area contributed by atoms with Crippen LogP contribution >= 0.6 is 0 Å². The van der Waals surface area contributed by atoms with E-state index in [1.54, 1.807) is 72.1 Å². The fourth-order valence-electron chi connectivity index (χ4n) is 6.92. The molecule has 296 valence electrons. The summed E-state index contributed by atoms with van der Waals surface area (Å²) in [7, 11) is 6.85. The van der Waals surface area contributed by atoms with Crippen LogP contribution in [0.3, 0.4) is 0 Å². The molecule has 2 atom stereocenters. The number of para-hydroxylation sites is 2. The van der Waals surface area contributed by atoms with Gasteiger partial charge in [0.1, 0.15) is 35.0 Å². The first kappa shape index (κ1) is 40.0. The van der Waals surface area contributed by atoms with Crippen LogP contribution in [0.5, 0.6) is 11.5 Å². The van der Waals surface area contributed by atoms with Crippen molar-refractivity contribution in [1.29, 1.82) is 10.5 Å². The van der Waals surface area contributed by atoms with Crippen LogP contribution in [0.4, 0.5) is 11.4 Å². The molecule has 0 bridgehead atoms. The summed E-state index contributed by atoms with van der Waals surface area (Å²) in [5.74, 6) is 1.07. The largest absolute Gasteiger partial charge is 0.497 e. The molecule has 12 nitrogen and oxygen atoms in total. The highest BCUT2D eigenvalue weighted by Gasteiger charge is 2.28. The first-order valence-electron chi connectivity index (χ1n) is 18.9. The molecule has 60 heavy (non-hydrogen) atoms. The van der Waals surface area contributed by atoms with Gasteiger partial charge in [0, 0.05) is 48.4 Å².